The maximum Gasteiger partial charge on any atom is 0.291 e. The number of rotatable bonds is 6. The van der Waals surface area contributed by atoms with Crippen molar-refractivity contribution >= 4 is 11.6 Å². The summed E-state index contributed by atoms with van der Waals surface area (Å²) in [5.74, 6) is -0.653. The van der Waals surface area contributed by atoms with Crippen molar-refractivity contribution in [3.63, 3.8) is 0 Å². The number of carbonyl (C=O) groups is 1. The molecule has 1 aromatic heterocycles. The number of anilines is 1. The zero-order valence-electron chi connectivity index (χ0n) is 14.4. The first kappa shape index (κ1) is 18.2. The molecule has 0 saturated heterocycles. The summed E-state index contributed by atoms with van der Waals surface area (Å²) in [4.78, 5) is 24.3. The molecule has 0 spiro atoms. The minimum atomic E-state index is -0.585. The van der Waals surface area contributed by atoms with Crippen molar-refractivity contribution in [1.82, 2.24) is 0 Å². The number of benzene rings is 2. The molecule has 138 valence electrons. The van der Waals surface area contributed by atoms with Crippen molar-refractivity contribution in [3.05, 3.63) is 88.2 Å². The first-order valence-electron chi connectivity index (χ1n) is 8.01. The fourth-order valence-corrected chi connectivity index (χ4v) is 2.26. The molecule has 1 N–H and O–H groups in total. The van der Waals surface area contributed by atoms with Gasteiger partial charge in [0.15, 0.2) is 5.76 Å². The van der Waals surface area contributed by atoms with Crippen molar-refractivity contribution in [2.75, 3.05) is 12.4 Å². The molecule has 6 nitrogen and oxygen atoms in total. The van der Waals surface area contributed by atoms with E-state index in [1.54, 1.807) is 42.5 Å². The largest absolute Gasteiger partial charge is 0.497 e. The average molecular weight is 369 g/mol. The highest BCUT2D eigenvalue weighted by atomic mass is 19.1. The second kappa shape index (κ2) is 8.18. The van der Waals surface area contributed by atoms with E-state index < -0.39 is 17.2 Å². The molecule has 7 heteroatoms. The fourth-order valence-electron chi connectivity index (χ4n) is 2.26. The zero-order valence-corrected chi connectivity index (χ0v) is 14.4. The van der Waals surface area contributed by atoms with Crippen LogP contribution >= 0.6 is 0 Å². The van der Waals surface area contributed by atoms with Gasteiger partial charge in [-0.2, -0.15) is 0 Å². The van der Waals surface area contributed by atoms with Crippen LogP contribution in [0.25, 0.3) is 0 Å². The Morgan fingerprint density at radius 2 is 1.89 bits per heavy atom. The van der Waals surface area contributed by atoms with E-state index in [0.29, 0.717) is 17.0 Å². The van der Waals surface area contributed by atoms with Gasteiger partial charge in [-0.1, -0.05) is 18.2 Å². The van der Waals surface area contributed by atoms with Crippen molar-refractivity contribution in [2.24, 2.45) is 0 Å². The van der Waals surface area contributed by atoms with Crippen molar-refractivity contribution in [1.29, 1.82) is 0 Å². The summed E-state index contributed by atoms with van der Waals surface area (Å²) < 4.78 is 29.1. The minimum Gasteiger partial charge on any atom is -0.497 e. The van der Waals surface area contributed by atoms with Crippen LogP contribution in [0.1, 0.15) is 16.1 Å². The molecular formula is C20H16FNO5. The Kier molecular flexibility index (Phi) is 5.51. The molecule has 1 amide bonds. The molecule has 2 aromatic carbocycles. The summed E-state index contributed by atoms with van der Waals surface area (Å²) in [6.07, 6.45) is 1.03. The first-order chi connectivity index (χ1) is 13.1. The Bertz CT molecular complexity index is 998. The number of halogens is 1. The van der Waals surface area contributed by atoms with Crippen LogP contribution in [-0.4, -0.2) is 13.0 Å². The number of ether oxygens (including phenoxy) is 2. The van der Waals surface area contributed by atoms with Crippen LogP contribution in [0.15, 0.2) is 70.1 Å². The molecule has 0 saturated carbocycles. The van der Waals surface area contributed by atoms with Crippen LogP contribution in [0, 0.1) is 5.82 Å². The van der Waals surface area contributed by atoms with Crippen LogP contribution in [0.3, 0.4) is 0 Å². The molecule has 3 aromatic rings. The first-order valence-corrected chi connectivity index (χ1v) is 8.01. The van der Waals surface area contributed by atoms with E-state index in [2.05, 4.69) is 5.32 Å². The summed E-state index contributed by atoms with van der Waals surface area (Å²) in [5, 5.41) is 2.60. The lowest BCUT2D eigenvalue weighted by Crippen LogP contribution is -2.15. The molecule has 0 unspecified atom stereocenters. The van der Waals surface area contributed by atoms with Gasteiger partial charge in [0.25, 0.3) is 5.91 Å². The van der Waals surface area contributed by atoms with Gasteiger partial charge >= 0.3 is 0 Å². The van der Waals surface area contributed by atoms with E-state index >= 15 is 0 Å². The van der Waals surface area contributed by atoms with Gasteiger partial charge in [-0.15, -0.1) is 0 Å². The molecule has 0 aliphatic heterocycles. The van der Waals surface area contributed by atoms with Gasteiger partial charge < -0.3 is 19.2 Å². The Morgan fingerprint density at radius 3 is 2.56 bits per heavy atom. The lowest BCUT2D eigenvalue weighted by Gasteiger charge is -2.08. The molecule has 27 heavy (non-hydrogen) atoms. The van der Waals surface area contributed by atoms with Gasteiger partial charge in [0.2, 0.25) is 11.2 Å². The van der Waals surface area contributed by atoms with Gasteiger partial charge in [-0.3, -0.25) is 9.59 Å². The number of methoxy groups -OCH3 is 1. The molecule has 0 atom stereocenters. The van der Waals surface area contributed by atoms with E-state index in [1.807, 2.05) is 0 Å². The minimum absolute atomic E-state index is 0.112. The van der Waals surface area contributed by atoms with Crippen molar-refractivity contribution < 1.29 is 23.1 Å². The van der Waals surface area contributed by atoms with Crippen LogP contribution in [-0.2, 0) is 6.61 Å². The maximum atomic E-state index is 13.6. The predicted octanol–water partition coefficient (Wildman–Crippen LogP) is 3.62. The Balaban J connectivity index is 1.67. The number of amides is 1. The van der Waals surface area contributed by atoms with E-state index in [4.69, 9.17) is 13.9 Å². The van der Waals surface area contributed by atoms with Crippen LogP contribution in [0.2, 0.25) is 0 Å². The lowest BCUT2D eigenvalue weighted by atomic mass is 10.2. The molecule has 3 rings (SSSR count). The normalized spacial score (nSPS) is 10.3. The van der Waals surface area contributed by atoms with Gasteiger partial charge in [0.05, 0.1) is 7.11 Å². The lowest BCUT2D eigenvalue weighted by molar-refractivity contribution is 0.0993. The van der Waals surface area contributed by atoms with Gasteiger partial charge in [0, 0.05) is 17.3 Å². The Labute approximate surface area is 154 Å². The van der Waals surface area contributed by atoms with Gasteiger partial charge in [-0.25, -0.2) is 4.39 Å². The highest BCUT2D eigenvalue weighted by Gasteiger charge is 2.13. The van der Waals surface area contributed by atoms with Gasteiger partial charge in [-0.05, 0) is 30.3 Å². The van der Waals surface area contributed by atoms with Crippen molar-refractivity contribution in [2.45, 2.75) is 6.61 Å². The smallest absolute Gasteiger partial charge is 0.291 e. The third-order valence-corrected chi connectivity index (χ3v) is 3.71. The van der Waals surface area contributed by atoms with E-state index in [1.165, 1.54) is 13.2 Å². The average Bonchev–Trinajstić information content (AvgIpc) is 2.68. The summed E-state index contributed by atoms with van der Waals surface area (Å²) >= 11 is 0. The molecule has 1 heterocycles. The quantitative estimate of drug-likeness (QED) is 0.718. The maximum absolute atomic E-state index is 13.6. The summed E-state index contributed by atoms with van der Waals surface area (Å²) in [6, 6.07) is 13.8. The van der Waals surface area contributed by atoms with E-state index in [-0.39, 0.29) is 18.1 Å². The van der Waals surface area contributed by atoms with Crippen molar-refractivity contribution in [3.8, 4) is 11.5 Å². The third kappa shape index (κ3) is 4.52. The van der Waals surface area contributed by atoms with Crippen LogP contribution < -0.4 is 20.2 Å². The summed E-state index contributed by atoms with van der Waals surface area (Å²) in [6.45, 7) is -0.130. The Morgan fingerprint density at radius 1 is 1.15 bits per heavy atom. The molecule has 0 radical (unpaired) electrons. The molecular weight excluding hydrogens is 353 g/mol. The SMILES string of the molecule is COc1ccc(NC(=O)c2cc(=O)c(OCc3ccccc3F)co2)cc1. The zero-order chi connectivity index (χ0) is 19.2. The fraction of sp³-hybridized carbons (Fsp3) is 0.100. The third-order valence-electron chi connectivity index (χ3n) is 3.71. The number of carbonyl (C=O) groups excluding carboxylic acids is 1. The number of nitrogens with one attached hydrogen (secondary N) is 1. The second-order valence-electron chi connectivity index (χ2n) is 5.54. The molecule has 0 fully saturated rings. The topological polar surface area (TPSA) is 77.8 Å². The van der Waals surface area contributed by atoms with E-state index in [9.17, 15) is 14.0 Å². The highest BCUT2D eigenvalue weighted by molar-refractivity contribution is 6.02. The second-order valence-corrected chi connectivity index (χ2v) is 5.54. The predicted molar refractivity (Wildman–Crippen MR) is 96.7 cm³/mol. The Hall–Kier alpha value is -3.61. The summed E-state index contributed by atoms with van der Waals surface area (Å²) in [7, 11) is 1.54. The standard InChI is InChI=1S/C20H16FNO5/c1-25-15-8-6-14(7-9-15)22-20(24)18-10-17(23)19(12-27-18)26-11-13-4-2-3-5-16(13)21/h2-10,12H,11H2,1H3,(H,22,24). The molecule has 0 bridgehead atoms. The van der Waals surface area contributed by atoms with Gasteiger partial charge in [0.1, 0.15) is 24.4 Å². The molecule has 0 aliphatic rings. The number of hydrogen-bond donors (Lipinski definition) is 1. The van der Waals surface area contributed by atoms with Crippen LogP contribution in [0.5, 0.6) is 11.5 Å². The monoisotopic (exact) mass is 369 g/mol. The van der Waals surface area contributed by atoms with E-state index in [0.717, 1.165) is 12.3 Å². The number of hydrogen-bond acceptors (Lipinski definition) is 5. The molecule has 0 aliphatic carbocycles. The highest BCUT2D eigenvalue weighted by Crippen LogP contribution is 2.16. The van der Waals surface area contributed by atoms with Crippen LogP contribution in [0.4, 0.5) is 10.1 Å². The summed E-state index contributed by atoms with van der Waals surface area (Å²) in [5.41, 5.74) is 0.277.